The first kappa shape index (κ1) is 15.2. The maximum atomic E-state index is 12.5. The summed E-state index contributed by atoms with van der Waals surface area (Å²) < 4.78 is 1.53. The maximum absolute atomic E-state index is 12.5. The molecule has 0 atom stereocenters. The Hall–Kier alpha value is -2.73. The van der Waals surface area contributed by atoms with Gasteiger partial charge in [-0.25, -0.2) is 4.68 Å². The molecule has 0 radical (unpaired) electrons. The fourth-order valence-corrected chi connectivity index (χ4v) is 2.41. The van der Waals surface area contributed by atoms with E-state index in [1.165, 1.54) is 11.0 Å². The van der Waals surface area contributed by atoms with Crippen molar-refractivity contribution in [3.05, 3.63) is 71.0 Å². The number of halogens is 1. The van der Waals surface area contributed by atoms with E-state index in [1.807, 2.05) is 24.3 Å². The Kier molecular flexibility index (Phi) is 4.34. The van der Waals surface area contributed by atoms with Crippen LogP contribution in [0.5, 0.6) is 0 Å². The molecule has 2 aromatic carbocycles. The third-order valence-electron chi connectivity index (χ3n) is 3.44. The standard InChI is InChI=1S/C16H14ClN5O/c1-21(10-13-4-2-3-5-15(13)17)16(23)12-6-8-14(9-7-12)22-11-18-19-20-22/h2-9,11H,10H2,1H3. The number of tetrazole rings is 1. The lowest BCUT2D eigenvalue weighted by Crippen LogP contribution is -2.26. The summed E-state index contributed by atoms with van der Waals surface area (Å²) >= 11 is 6.14. The lowest BCUT2D eigenvalue weighted by molar-refractivity contribution is 0.0785. The monoisotopic (exact) mass is 327 g/mol. The fraction of sp³-hybridized carbons (Fsp3) is 0.125. The number of hydrogen-bond donors (Lipinski definition) is 0. The number of rotatable bonds is 4. The molecule has 0 bridgehead atoms. The van der Waals surface area contributed by atoms with Crippen molar-refractivity contribution in [2.45, 2.75) is 6.54 Å². The molecule has 0 fully saturated rings. The van der Waals surface area contributed by atoms with Gasteiger partial charge in [-0.05, 0) is 46.3 Å². The molecule has 0 N–H and O–H groups in total. The predicted molar refractivity (Wildman–Crippen MR) is 86.4 cm³/mol. The molecule has 1 heterocycles. The molecule has 0 aliphatic rings. The van der Waals surface area contributed by atoms with Crippen LogP contribution in [0.15, 0.2) is 54.9 Å². The van der Waals surface area contributed by atoms with Crippen molar-refractivity contribution < 1.29 is 4.79 Å². The van der Waals surface area contributed by atoms with E-state index in [0.29, 0.717) is 17.1 Å². The molecule has 3 aromatic rings. The minimum atomic E-state index is -0.0758. The van der Waals surface area contributed by atoms with Crippen LogP contribution in [0.25, 0.3) is 5.69 Å². The Morgan fingerprint density at radius 3 is 2.57 bits per heavy atom. The van der Waals surface area contributed by atoms with Gasteiger partial charge in [-0.15, -0.1) is 5.10 Å². The van der Waals surface area contributed by atoms with Gasteiger partial charge in [0.1, 0.15) is 6.33 Å². The van der Waals surface area contributed by atoms with Crippen LogP contribution in [0.2, 0.25) is 5.02 Å². The smallest absolute Gasteiger partial charge is 0.253 e. The van der Waals surface area contributed by atoms with Gasteiger partial charge >= 0.3 is 0 Å². The van der Waals surface area contributed by atoms with Gasteiger partial charge in [0.25, 0.3) is 5.91 Å². The van der Waals surface area contributed by atoms with Crippen LogP contribution in [0, 0.1) is 0 Å². The molecule has 0 saturated carbocycles. The minimum Gasteiger partial charge on any atom is -0.337 e. The summed E-state index contributed by atoms with van der Waals surface area (Å²) in [6.07, 6.45) is 1.50. The summed E-state index contributed by atoms with van der Waals surface area (Å²) in [5, 5.41) is 11.6. The third kappa shape index (κ3) is 3.37. The minimum absolute atomic E-state index is 0.0758. The van der Waals surface area contributed by atoms with Crippen molar-refractivity contribution in [1.82, 2.24) is 25.1 Å². The van der Waals surface area contributed by atoms with Crippen molar-refractivity contribution in [2.75, 3.05) is 7.05 Å². The van der Waals surface area contributed by atoms with Gasteiger partial charge in [0.15, 0.2) is 0 Å². The number of nitrogens with zero attached hydrogens (tertiary/aromatic N) is 5. The molecule has 0 aliphatic heterocycles. The summed E-state index contributed by atoms with van der Waals surface area (Å²) in [5.74, 6) is -0.0758. The fourth-order valence-electron chi connectivity index (χ4n) is 2.21. The van der Waals surface area contributed by atoms with E-state index in [1.54, 1.807) is 36.2 Å². The zero-order valence-corrected chi connectivity index (χ0v) is 13.2. The first-order valence-electron chi connectivity index (χ1n) is 6.97. The van der Waals surface area contributed by atoms with Crippen molar-refractivity contribution in [1.29, 1.82) is 0 Å². The number of aromatic nitrogens is 4. The number of carbonyl (C=O) groups excluding carboxylic acids is 1. The van der Waals surface area contributed by atoms with E-state index in [2.05, 4.69) is 15.5 Å². The van der Waals surface area contributed by atoms with Gasteiger partial charge in [0, 0.05) is 24.2 Å². The molecular formula is C16H14ClN5O. The average Bonchev–Trinajstić information content (AvgIpc) is 3.11. The second-order valence-corrected chi connectivity index (χ2v) is 5.46. The van der Waals surface area contributed by atoms with Gasteiger partial charge in [0.2, 0.25) is 0 Å². The molecule has 0 aliphatic carbocycles. The van der Waals surface area contributed by atoms with E-state index in [0.717, 1.165) is 11.3 Å². The summed E-state index contributed by atoms with van der Waals surface area (Å²) in [5.41, 5.74) is 2.30. The predicted octanol–water partition coefficient (Wildman–Crippen LogP) is 2.59. The van der Waals surface area contributed by atoms with E-state index in [-0.39, 0.29) is 5.91 Å². The van der Waals surface area contributed by atoms with E-state index in [9.17, 15) is 4.79 Å². The highest BCUT2D eigenvalue weighted by molar-refractivity contribution is 6.31. The Morgan fingerprint density at radius 1 is 1.17 bits per heavy atom. The molecule has 1 aromatic heterocycles. The summed E-state index contributed by atoms with van der Waals surface area (Å²) in [7, 11) is 1.75. The van der Waals surface area contributed by atoms with Crippen LogP contribution in [0.3, 0.4) is 0 Å². The van der Waals surface area contributed by atoms with Gasteiger partial charge < -0.3 is 4.90 Å². The molecule has 0 unspecified atom stereocenters. The molecule has 0 spiro atoms. The van der Waals surface area contributed by atoms with E-state index < -0.39 is 0 Å². The molecule has 0 saturated heterocycles. The largest absolute Gasteiger partial charge is 0.337 e. The maximum Gasteiger partial charge on any atom is 0.253 e. The number of carbonyl (C=O) groups is 1. The molecular weight excluding hydrogens is 314 g/mol. The normalized spacial score (nSPS) is 10.5. The summed E-state index contributed by atoms with van der Waals surface area (Å²) in [4.78, 5) is 14.1. The van der Waals surface area contributed by atoms with E-state index >= 15 is 0 Å². The van der Waals surface area contributed by atoms with Crippen LogP contribution in [-0.4, -0.2) is 38.1 Å². The van der Waals surface area contributed by atoms with E-state index in [4.69, 9.17) is 11.6 Å². The first-order chi connectivity index (χ1) is 11.1. The number of amides is 1. The molecule has 1 amide bonds. The van der Waals surface area contributed by atoms with Crippen molar-refractivity contribution >= 4 is 17.5 Å². The highest BCUT2D eigenvalue weighted by Gasteiger charge is 2.13. The zero-order chi connectivity index (χ0) is 16.2. The Balaban J connectivity index is 1.73. The molecule has 23 heavy (non-hydrogen) atoms. The number of hydrogen-bond acceptors (Lipinski definition) is 4. The van der Waals surface area contributed by atoms with Gasteiger partial charge in [-0.1, -0.05) is 29.8 Å². The number of benzene rings is 2. The SMILES string of the molecule is CN(Cc1ccccc1Cl)C(=O)c1ccc(-n2cnnn2)cc1. The Morgan fingerprint density at radius 2 is 1.91 bits per heavy atom. The summed E-state index contributed by atoms with van der Waals surface area (Å²) in [6, 6.07) is 14.6. The summed E-state index contributed by atoms with van der Waals surface area (Å²) in [6.45, 7) is 0.452. The molecule has 7 heteroatoms. The zero-order valence-electron chi connectivity index (χ0n) is 12.4. The lowest BCUT2D eigenvalue weighted by Gasteiger charge is -2.18. The van der Waals surface area contributed by atoms with Gasteiger partial charge in [-0.2, -0.15) is 0 Å². The third-order valence-corrected chi connectivity index (χ3v) is 3.81. The van der Waals surface area contributed by atoms with Crippen LogP contribution in [0.4, 0.5) is 0 Å². The molecule has 3 rings (SSSR count). The Labute approximate surface area is 138 Å². The van der Waals surface area contributed by atoms with Crippen molar-refractivity contribution in [2.24, 2.45) is 0 Å². The first-order valence-corrected chi connectivity index (χ1v) is 7.35. The second kappa shape index (κ2) is 6.58. The quantitative estimate of drug-likeness (QED) is 0.739. The highest BCUT2D eigenvalue weighted by atomic mass is 35.5. The second-order valence-electron chi connectivity index (χ2n) is 5.05. The Bertz CT molecular complexity index is 802. The van der Waals surface area contributed by atoms with Crippen LogP contribution >= 0.6 is 11.6 Å². The van der Waals surface area contributed by atoms with Crippen LogP contribution < -0.4 is 0 Å². The van der Waals surface area contributed by atoms with Crippen LogP contribution in [-0.2, 0) is 6.54 Å². The lowest BCUT2D eigenvalue weighted by atomic mass is 10.1. The van der Waals surface area contributed by atoms with Crippen molar-refractivity contribution in [3.8, 4) is 5.69 Å². The topological polar surface area (TPSA) is 63.9 Å². The highest BCUT2D eigenvalue weighted by Crippen LogP contribution is 2.18. The van der Waals surface area contributed by atoms with Gasteiger partial charge in [-0.3, -0.25) is 4.79 Å². The van der Waals surface area contributed by atoms with Gasteiger partial charge in [0.05, 0.1) is 5.69 Å². The van der Waals surface area contributed by atoms with Crippen molar-refractivity contribution in [3.63, 3.8) is 0 Å². The van der Waals surface area contributed by atoms with Crippen LogP contribution in [0.1, 0.15) is 15.9 Å². The molecule has 6 nitrogen and oxygen atoms in total. The average molecular weight is 328 g/mol. The molecule has 116 valence electrons.